The van der Waals surface area contributed by atoms with Gasteiger partial charge < -0.3 is 4.90 Å². The Morgan fingerprint density at radius 2 is 1.50 bits per heavy atom. The average molecular weight is 257 g/mol. The molecule has 0 bridgehead atoms. The summed E-state index contributed by atoms with van der Waals surface area (Å²) in [5, 5.41) is 0. The van der Waals surface area contributed by atoms with E-state index >= 15 is 0 Å². The van der Waals surface area contributed by atoms with Crippen molar-refractivity contribution < 1.29 is 4.79 Å². The monoisotopic (exact) mass is 257 g/mol. The molecule has 0 spiro atoms. The molecule has 0 saturated carbocycles. The second-order valence-corrected chi connectivity index (χ2v) is 5.21. The first-order valence-corrected chi connectivity index (χ1v) is 7.74. The van der Waals surface area contributed by atoms with Gasteiger partial charge in [-0.05, 0) is 25.2 Å². The molecule has 1 saturated heterocycles. The Balaban J connectivity index is 0. The Morgan fingerprint density at radius 1 is 1.06 bits per heavy atom. The van der Waals surface area contributed by atoms with Crippen molar-refractivity contribution in [3.63, 3.8) is 0 Å². The molecule has 0 radical (unpaired) electrons. The summed E-state index contributed by atoms with van der Waals surface area (Å²) in [7, 11) is 0. The van der Waals surface area contributed by atoms with Gasteiger partial charge in [-0.25, -0.2) is 0 Å². The van der Waals surface area contributed by atoms with Gasteiger partial charge in [-0.1, -0.05) is 55.4 Å². The minimum absolute atomic E-state index is 0.169. The minimum atomic E-state index is 0.169. The normalized spacial score (nSPS) is 23.8. The molecule has 1 aliphatic rings. The first-order valence-electron chi connectivity index (χ1n) is 7.74. The predicted molar refractivity (Wildman–Crippen MR) is 81.7 cm³/mol. The largest absolute Gasteiger partial charge is 0.339 e. The van der Waals surface area contributed by atoms with Crippen molar-refractivity contribution in [2.75, 3.05) is 6.54 Å². The highest BCUT2D eigenvalue weighted by Crippen LogP contribution is 2.25. The van der Waals surface area contributed by atoms with Gasteiger partial charge in [-0.15, -0.1) is 0 Å². The van der Waals surface area contributed by atoms with Gasteiger partial charge in [0.05, 0.1) is 0 Å². The summed E-state index contributed by atoms with van der Waals surface area (Å²) in [5.74, 6) is 1.64. The molecular formula is C16H35NO. The number of nitrogens with zero attached hydrogens (tertiary/aromatic N) is 1. The number of likely N-dealkylation sites (tertiary alicyclic amines) is 1. The SMILES string of the molecule is CC.CC.CC1C[C@@H](C)N(C(=O)C(C)C(C)C)C1. The van der Waals surface area contributed by atoms with Crippen LogP contribution in [0.5, 0.6) is 0 Å². The van der Waals surface area contributed by atoms with E-state index in [4.69, 9.17) is 0 Å². The van der Waals surface area contributed by atoms with Gasteiger partial charge in [0, 0.05) is 18.5 Å². The van der Waals surface area contributed by atoms with Crippen LogP contribution in [0.1, 0.15) is 68.7 Å². The van der Waals surface area contributed by atoms with Crippen molar-refractivity contribution in [3.05, 3.63) is 0 Å². The summed E-state index contributed by atoms with van der Waals surface area (Å²) in [6.07, 6.45) is 1.16. The lowest BCUT2D eigenvalue weighted by Gasteiger charge is -2.26. The zero-order valence-corrected chi connectivity index (χ0v) is 14.1. The van der Waals surface area contributed by atoms with Crippen LogP contribution in [0.15, 0.2) is 0 Å². The van der Waals surface area contributed by atoms with Crippen LogP contribution in [0.3, 0.4) is 0 Å². The first-order chi connectivity index (χ1) is 8.43. The number of amides is 1. The van der Waals surface area contributed by atoms with Crippen LogP contribution in [-0.2, 0) is 4.79 Å². The van der Waals surface area contributed by atoms with Crippen LogP contribution >= 0.6 is 0 Å². The zero-order chi connectivity index (χ0) is 14.9. The molecule has 1 fully saturated rings. The van der Waals surface area contributed by atoms with Gasteiger partial charge in [0.1, 0.15) is 0 Å². The van der Waals surface area contributed by atoms with Crippen LogP contribution in [0.4, 0.5) is 0 Å². The summed E-state index contributed by atoms with van der Waals surface area (Å²) in [5.41, 5.74) is 0. The molecule has 2 unspecified atom stereocenters. The molecule has 1 rings (SSSR count). The third-order valence-electron chi connectivity index (χ3n) is 3.46. The molecule has 1 heterocycles. The summed E-state index contributed by atoms with van der Waals surface area (Å²) in [6.45, 7) is 19.6. The van der Waals surface area contributed by atoms with Gasteiger partial charge in [-0.2, -0.15) is 0 Å². The lowest BCUT2D eigenvalue weighted by atomic mass is 9.96. The molecule has 0 N–H and O–H groups in total. The number of hydrogen-bond donors (Lipinski definition) is 0. The fourth-order valence-electron chi connectivity index (χ4n) is 2.15. The fourth-order valence-corrected chi connectivity index (χ4v) is 2.15. The third-order valence-corrected chi connectivity index (χ3v) is 3.46. The summed E-state index contributed by atoms with van der Waals surface area (Å²) in [6, 6.07) is 0.443. The van der Waals surface area contributed by atoms with Gasteiger partial charge in [0.25, 0.3) is 0 Å². The van der Waals surface area contributed by atoms with Gasteiger partial charge in [0.2, 0.25) is 5.91 Å². The molecule has 0 aromatic rings. The topological polar surface area (TPSA) is 20.3 Å². The number of carbonyl (C=O) groups excluding carboxylic acids is 1. The van der Waals surface area contributed by atoms with Crippen molar-refractivity contribution in [3.8, 4) is 0 Å². The molecule has 1 aliphatic heterocycles. The molecule has 3 atom stereocenters. The highest BCUT2D eigenvalue weighted by atomic mass is 16.2. The van der Waals surface area contributed by atoms with Crippen molar-refractivity contribution in [2.24, 2.45) is 17.8 Å². The number of carbonyl (C=O) groups is 1. The van der Waals surface area contributed by atoms with Crippen molar-refractivity contribution >= 4 is 5.91 Å². The molecule has 0 aromatic heterocycles. The first kappa shape index (κ1) is 19.8. The van der Waals surface area contributed by atoms with E-state index in [0.29, 0.717) is 23.8 Å². The maximum Gasteiger partial charge on any atom is 0.225 e. The van der Waals surface area contributed by atoms with Gasteiger partial charge in [-0.3, -0.25) is 4.79 Å². The Hall–Kier alpha value is -0.530. The minimum Gasteiger partial charge on any atom is -0.339 e. The van der Waals surface area contributed by atoms with Gasteiger partial charge >= 0.3 is 0 Å². The molecule has 2 nitrogen and oxygen atoms in total. The smallest absolute Gasteiger partial charge is 0.225 e. The Labute approximate surface area is 115 Å². The standard InChI is InChI=1S/C12H23NO.2C2H6/c1-8(2)11(5)12(14)13-7-9(3)6-10(13)4;2*1-2/h8-11H,6-7H2,1-5H3;2*1-2H3/t9?,10-,11?;;/m1../s1. The van der Waals surface area contributed by atoms with E-state index in [0.717, 1.165) is 13.0 Å². The third kappa shape index (κ3) is 5.88. The van der Waals surface area contributed by atoms with Crippen molar-refractivity contribution in [1.29, 1.82) is 0 Å². The molecule has 0 aromatic carbocycles. The molecule has 1 amide bonds. The van der Waals surface area contributed by atoms with E-state index in [1.807, 2.05) is 34.6 Å². The van der Waals surface area contributed by atoms with E-state index in [1.54, 1.807) is 0 Å². The summed E-state index contributed by atoms with van der Waals surface area (Å²) in [4.78, 5) is 14.1. The maximum absolute atomic E-state index is 12.1. The highest BCUT2D eigenvalue weighted by Gasteiger charge is 2.32. The molecule has 0 aliphatic carbocycles. The van der Waals surface area contributed by atoms with Crippen molar-refractivity contribution in [2.45, 2.75) is 74.8 Å². The second kappa shape index (κ2) is 10.4. The molecule has 18 heavy (non-hydrogen) atoms. The fraction of sp³-hybridized carbons (Fsp3) is 0.938. The second-order valence-electron chi connectivity index (χ2n) is 5.21. The van der Waals surface area contributed by atoms with Crippen LogP contribution in [0.2, 0.25) is 0 Å². The van der Waals surface area contributed by atoms with Crippen molar-refractivity contribution in [1.82, 2.24) is 4.90 Å². The Bertz CT molecular complexity index is 213. The predicted octanol–water partition coefficient (Wildman–Crippen LogP) is 4.59. The Kier molecular flexibility index (Phi) is 11.4. The van der Waals surface area contributed by atoms with Crippen LogP contribution in [0, 0.1) is 17.8 Å². The summed E-state index contributed by atoms with van der Waals surface area (Å²) >= 11 is 0. The van der Waals surface area contributed by atoms with E-state index in [9.17, 15) is 4.79 Å². The average Bonchev–Trinajstić information content (AvgIpc) is 2.71. The van der Waals surface area contributed by atoms with Crippen LogP contribution in [-0.4, -0.2) is 23.4 Å². The van der Waals surface area contributed by atoms with E-state index in [2.05, 4.69) is 32.6 Å². The quantitative estimate of drug-likeness (QED) is 0.708. The molecular weight excluding hydrogens is 222 g/mol. The van der Waals surface area contributed by atoms with Crippen LogP contribution in [0.25, 0.3) is 0 Å². The summed E-state index contributed by atoms with van der Waals surface area (Å²) < 4.78 is 0. The van der Waals surface area contributed by atoms with Gasteiger partial charge in [0.15, 0.2) is 0 Å². The van der Waals surface area contributed by atoms with E-state index in [-0.39, 0.29) is 5.92 Å². The molecule has 2 heteroatoms. The Morgan fingerprint density at radius 3 is 1.78 bits per heavy atom. The highest BCUT2D eigenvalue weighted by molar-refractivity contribution is 5.79. The number of rotatable bonds is 2. The number of hydrogen-bond acceptors (Lipinski definition) is 1. The van der Waals surface area contributed by atoms with E-state index < -0.39 is 0 Å². The zero-order valence-electron chi connectivity index (χ0n) is 14.1. The lowest BCUT2D eigenvalue weighted by Crippen LogP contribution is -2.39. The lowest BCUT2D eigenvalue weighted by molar-refractivity contribution is -0.136. The van der Waals surface area contributed by atoms with Crippen LogP contribution < -0.4 is 0 Å². The maximum atomic E-state index is 12.1. The van der Waals surface area contributed by atoms with E-state index in [1.165, 1.54) is 0 Å². The molecule has 110 valence electrons.